The number of H-pyrrole nitrogens is 1. The van der Waals surface area contributed by atoms with Gasteiger partial charge in [-0.1, -0.05) is 0 Å². The van der Waals surface area contributed by atoms with Crippen molar-refractivity contribution in [3.63, 3.8) is 0 Å². The fourth-order valence-corrected chi connectivity index (χ4v) is 1.65. The molecule has 0 unspecified atom stereocenters. The number of fused-ring (bicyclic) bond motifs is 1. The number of hydrazine groups is 1. The Kier molecular flexibility index (Phi) is 1.92. The molecule has 6 heteroatoms. The average Bonchev–Trinajstić information content (AvgIpc) is 2.86. The van der Waals surface area contributed by atoms with Gasteiger partial charge in [-0.15, -0.1) is 0 Å². The third-order valence-electron chi connectivity index (χ3n) is 2.41. The molecule has 0 radical (unpaired) electrons. The quantitative estimate of drug-likeness (QED) is 0.699. The third-order valence-corrected chi connectivity index (χ3v) is 2.41. The number of aliphatic imine (C=N–C) groups is 1. The van der Waals surface area contributed by atoms with Crippen LogP contribution in [-0.2, 0) is 0 Å². The van der Waals surface area contributed by atoms with E-state index in [0.29, 0.717) is 5.95 Å². The minimum Gasteiger partial charge on any atom is -0.508 e. The van der Waals surface area contributed by atoms with Gasteiger partial charge in [-0.25, -0.2) is 4.98 Å². The van der Waals surface area contributed by atoms with Crippen molar-refractivity contribution in [1.29, 1.82) is 0 Å². The molecule has 6 nitrogen and oxygen atoms in total. The molecule has 1 aliphatic heterocycles. The number of anilines is 1. The number of aromatic nitrogens is 2. The number of aromatic hydroxyl groups is 1. The molecule has 1 aromatic heterocycles. The maximum atomic E-state index is 9.32. The van der Waals surface area contributed by atoms with Gasteiger partial charge in [-0.2, -0.15) is 0 Å². The van der Waals surface area contributed by atoms with E-state index in [4.69, 9.17) is 0 Å². The molecule has 0 amide bonds. The van der Waals surface area contributed by atoms with E-state index in [1.807, 2.05) is 5.01 Å². The van der Waals surface area contributed by atoms with E-state index in [9.17, 15) is 5.11 Å². The lowest BCUT2D eigenvalue weighted by molar-refractivity contribution is 0.476. The second kappa shape index (κ2) is 3.41. The van der Waals surface area contributed by atoms with Crippen LogP contribution in [-0.4, -0.2) is 39.5 Å². The predicted molar refractivity (Wildman–Crippen MR) is 61.4 cm³/mol. The summed E-state index contributed by atoms with van der Waals surface area (Å²) in [4.78, 5) is 11.5. The SMILES string of the molecule is Oc1ccc2nc(NN3C=NCC3)[nH]c2c1. The van der Waals surface area contributed by atoms with Crippen LogP contribution in [0.3, 0.4) is 0 Å². The van der Waals surface area contributed by atoms with Crippen LogP contribution in [0.4, 0.5) is 5.95 Å². The van der Waals surface area contributed by atoms with Crippen LogP contribution in [0.2, 0.25) is 0 Å². The van der Waals surface area contributed by atoms with Crippen LogP contribution >= 0.6 is 0 Å². The molecule has 3 N–H and O–H groups in total. The van der Waals surface area contributed by atoms with Crippen molar-refractivity contribution in [3.05, 3.63) is 18.2 Å². The monoisotopic (exact) mass is 217 g/mol. The highest BCUT2D eigenvalue weighted by atomic mass is 16.3. The Bertz CT molecular complexity index is 547. The molecule has 0 fully saturated rings. The van der Waals surface area contributed by atoms with Crippen LogP contribution in [0.15, 0.2) is 23.2 Å². The van der Waals surface area contributed by atoms with Gasteiger partial charge in [0.1, 0.15) is 12.1 Å². The number of rotatable bonds is 2. The van der Waals surface area contributed by atoms with Gasteiger partial charge in [0.25, 0.3) is 0 Å². The molecule has 0 bridgehead atoms. The Balaban J connectivity index is 1.89. The first-order valence-corrected chi connectivity index (χ1v) is 5.03. The third kappa shape index (κ3) is 1.54. The topological polar surface area (TPSA) is 76.5 Å². The zero-order valence-electron chi connectivity index (χ0n) is 8.51. The minimum atomic E-state index is 0.227. The van der Waals surface area contributed by atoms with Crippen molar-refractivity contribution in [3.8, 4) is 5.75 Å². The number of benzene rings is 1. The van der Waals surface area contributed by atoms with Gasteiger partial charge in [0, 0.05) is 6.07 Å². The maximum absolute atomic E-state index is 9.32. The average molecular weight is 217 g/mol. The first-order valence-electron chi connectivity index (χ1n) is 5.03. The Morgan fingerprint density at radius 1 is 1.44 bits per heavy atom. The highest BCUT2D eigenvalue weighted by molar-refractivity contribution is 5.79. The first-order chi connectivity index (χ1) is 7.81. The molecule has 0 aliphatic carbocycles. The number of phenolic OH excluding ortho intramolecular Hbond substituents is 1. The van der Waals surface area contributed by atoms with Crippen molar-refractivity contribution < 1.29 is 5.11 Å². The highest BCUT2D eigenvalue weighted by Crippen LogP contribution is 2.19. The lowest BCUT2D eigenvalue weighted by atomic mass is 10.3. The first kappa shape index (κ1) is 9.02. The van der Waals surface area contributed by atoms with E-state index in [1.54, 1.807) is 24.5 Å². The molecule has 1 aromatic carbocycles. The highest BCUT2D eigenvalue weighted by Gasteiger charge is 2.08. The van der Waals surface area contributed by atoms with Gasteiger partial charge < -0.3 is 10.1 Å². The molecule has 2 aromatic rings. The molecule has 3 rings (SSSR count). The van der Waals surface area contributed by atoms with Gasteiger partial charge >= 0.3 is 0 Å². The number of aromatic amines is 1. The van der Waals surface area contributed by atoms with E-state index in [-0.39, 0.29) is 5.75 Å². The zero-order chi connectivity index (χ0) is 11.0. The van der Waals surface area contributed by atoms with Crippen LogP contribution < -0.4 is 5.43 Å². The molecule has 16 heavy (non-hydrogen) atoms. The number of nitrogens with zero attached hydrogens (tertiary/aromatic N) is 3. The molecule has 0 saturated carbocycles. The lowest BCUT2D eigenvalue weighted by Gasteiger charge is -2.13. The van der Waals surface area contributed by atoms with Gasteiger partial charge in [-0.05, 0) is 12.1 Å². The fraction of sp³-hybridized carbons (Fsp3) is 0.200. The number of nitrogens with one attached hydrogen (secondary N) is 2. The largest absolute Gasteiger partial charge is 0.508 e. The standard InChI is InChI=1S/C10H11N5O/c16-7-1-2-8-9(5-7)13-10(12-8)14-15-4-3-11-6-15/h1-2,5-6,16H,3-4H2,(H2,12,13,14). The molecule has 0 atom stereocenters. The van der Waals surface area contributed by atoms with Crippen molar-refractivity contribution in [2.24, 2.45) is 4.99 Å². The van der Waals surface area contributed by atoms with Gasteiger partial charge in [-0.3, -0.25) is 15.4 Å². The number of imidazole rings is 1. The zero-order valence-corrected chi connectivity index (χ0v) is 8.51. The Labute approximate surface area is 91.6 Å². The summed E-state index contributed by atoms with van der Waals surface area (Å²) in [6.45, 7) is 1.64. The van der Waals surface area contributed by atoms with Crippen LogP contribution in [0.1, 0.15) is 0 Å². The van der Waals surface area contributed by atoms with Crippen molar-refractivity contribution >= 4 is 23.3 Å². The molecule has 1 aliphatic rings. The molecule has 82 valence electrons. The summed E-state index contributed by atoms with van der Waals surface area (Å²) < 4.78 is 0. The van der Waals surface area contributed by atoms with Gasteiger partial charge in [0.15, 0.2) is 0 Å². The summed E-state index contributed by atoms with van der Waals surface area (Å²) in [5, 5.41) is 11.2. The summed E-state index contributed by atoms with van der Waals surface area (Å²) in [6, 6.07) is 5.03. The van der Waals surface area contributed by atoms with E-state index in [2.05, 4.69) is 20.4 Å². The summed E-state index contributed by atoms with van der Waals surface area (Å²) in [6.07, 6.45) is 1.74. The molecule has 0 saturated heterocycles. The fourth-order valence-electron chi connectivity index (χ4n) is 1.65. The summed E-state index contributed by atoms with van der Waals surface area (Å²) >= 11 is 0. The Morgan fingerprint density at radius 2 is 2.38 bits per heavy atom. The Hall–Kier alpha value is -2.24. The summed E-state index contributed by atoms with van der Waals surface area (Å²) in [7, 11) is 0. The van der Waals surface area contributed by atoms with E-state index >= 15 is 0 Å². The second-order valence-corrected chi connectivity index (χ2v) is 3.61. The van der Waals surface area contributed by atoms with E-state index < -0.39 is 0 Å². The molecule has 2 heterocycles. The van der Waals surface area contributed by atoms with E-state index in [0.717, 1.165) is 24.1 Å². The molecular weight excluding hydrogens is 206 g/mol. The Morgan fingerprint density at radius 3 is 3.19 bits per heavy atom. The number of hydrogen-bond acceptors (Lipinski definition) is 5. The van der Waals surface area contributed by atoms with Crippen molar-refractivity contribution in [2.75, 3.05) is 18.5 Å². The smallest absolute Gasteiger partial charge is 0.220 e. The summed E-state index contributed by atoms with van der Waals surface area (Å²) in [5.41, 5.74) is 4.71. The molecular formula is C10H11N5O. The van der Waals surface area contributed by atoms with Gasteiger partial charge in [0.05, 0.1) is 24.1 Å². The maximum Gasteiger partial charge on any atom is 0.220 e. The van der Waals surface area contributed by atoms with Crippen LogP contribution in [0.25, 0.3) is 11.0 Å². The summed E-state index contributed by atoms with van der Waals surface area (Å²) in [5.74, 6) is 0.874. The number of phenols is 1. The van der Waals surface area contributed by atoms with Crippen LogP contribution in [0, 0.1) is 0 Å². The minimum absolute atomic E-state index is 0.227. The van der Waals surface area contributed by atoms with Gasteiger partial charge in [0.2, 0.25) is 5.95 Å². The lowest BCUT2D eigenvalue weighted by Crippen LogP contribution is -2.27. The number of hydrogen-bond donors (Lipinski definition) is 3. The second-order valence-electron chi connectivity index (χ2n) is 3.61. The van der Waals surface area contributed by atoms with E-state index in [1.165, 1.54) is 0 Å². The van der Waals surface area contributed by atoms with Crippen molar-refractivity contribution in [1.82, 2.24) is 15.0 Å². The predicted octanol–water partition coefficient (Wildman–Crippen LogP) is 0.939. The van der Waals surface area contributed by atoms with Crippen molar-refractivity contribution in [2.45, 2.75) is 0 Å². The molecule has 0 spiro atoms. The normalized spacial score (nSPS) is 14.9. The van der Waals surface area contributed by atoms with Crippen LogP contribution in [0.5, 0.6) is 5.75 Å².